The zero-order valence-electron chi connectivity index (χ0n) is 19.5. The normalized spacial score (nSPS) is 23.9. The van der Waals surface area contributed by atoms with E-state index in [0.717, 1.165) is 18.7 Å². The minimum absolute atomic E-state index is 0.0324. The Morgan fingerprint density at radius 2 is 1.91 bits per heavy atom. The molecule has 35 heavy (non-hydrogen) atoms. The first-order valence-corrected chi connectivity index (χ1v) is 13.8. The third-order valence-electron chi connectivity index (χ3n) is 6.36. The van der Waals surface area contributed by atoms with Gasteiger partial charge in [0.05, 0.1) is 18.6 Å². The molecule has 2 saturated heterocycles. The summed E-state index contributed by atoms with van der Waals surface area (Å²) in [5.74, 6) is -3.44. The van der Waals surface area contributed by atoms with Crippen molar-refractivity contribution in [2.45, 2.75) is 49.1 Å². The molecule has 0 saturated carbocycles. The Balaban J connectivity index is 1.53. The Kier molecular flexibility index (Phi) is 9.34. The summed E-state index contributed by atoms with van der Waals surface area (Å²) in [6.07, 6.45) is 2.01. The molecule has 2 fully saturated rings. The smallest absolute Gasteiger partial charge is 0.289 e. The van der Waals surface area contributed by atoms with Crippen LogP contribution in [0.25, 0.3) is 0 Å². The fourth-order valence-corrected chi connectivity index (χ4v) is 7.75. The predicted octanol–water partition coefficient (Wildman–Crippen LogP) is -0.177. The Morgan fingerprint density at radius 1 is 1.20 bits per heavy atom. The van der Waals surface area contributed by atoms with Crippen molar-refractivity contribution in [3.63, 3.8) is 0 Å². The molecule has 1 aromatic carbocycles. The topological polar surface area (TPSA) is 173 Å². The number of amides is 3. The molecule has 0 radical (unpaired) electrons. The lowest BCUT2D eigenvalue weighted by atomic mass is 9.85. The first-order chi connectivity index (χ1) is 16.7. The van der Waals surface area contributed by atoms with Crippen LogP contribution in [0.15, 0.2) is 30.3 Å². The van der Waals surface area contributed by atoms with Gasteiger partial charge in [0.1, 0.15) is 6.04 Å². The van der Waals surface area contributed by atoms with E-state index in [9.17, 15) is 24.0 Å². The third-order valence-corrected chi connectivity index (χ3v) is 9.64. The Bertz CT molecular complexity index is 970. The Labute approximate surface area is 211 Å². The highest BCUT2D eigenvalue weighted by Gasteiger charge is 2.47. The molecule has 0 bridgehead atoms. The molecular formula is C23H31N5O5S2. The molecule has 0 aromatic heterocycles. The molecule has 2 aliphatic rings. The molecule has 5 unspecified atom stereocenters. The van der Waals surface area contributed by atoms with Gasteiger partial charge in [-0.2, -0.15) is 0 Å². The number of rotatable bonds is 11. The van der Waals surface area contributed by atoms with Gasteiger partial charge in [-0.05, 0) is 24.8 Å². The van der Waals surface area contributed by atoms with Crippen molar-refractivity contribution in [1.82, 2.24) is 16.0 Å². The highest BCUT2D eigenvalue weighted by atomic mass is 33.1. The predicted molar refractivity (Wildman–Crippen MR) is 135 cm³/mol. The summed E-state index contributed by atoms with van der Waals surface area (Å²) in [5.41, 5.74) is 11.9. The minimum atomic E-state index is -1.32. The SMILES string of the molecule is CCC(C(=O)C1CC2(CCSS2)CN1)C(N)C(=O)C(=O)NCC(=O)NC(C(N)=O)c1ccccc1. The lowest BCUT2D eigenvalue weighted by molar-refractivity contribution is -0.141. The monoisotopic (exact) mass is 521 g/mol. The van der Waals surface area contributed by atoms with Gasteiger partial charge in [-0.3, -0.25) is 24.0 Å². The van der Waals surface area contributed by atoms with Gasteiger partial charge in [0.25, 0.3) is 5.91 Å². The number of hydrogen-bond donors (Lipinski definition) is 5. The van der Waals surface area contributed by atoms with Crippen molar-refractivity contribution in [2.75, 3.05) is 18.8 Å². The molecular weight excluding hydrogens is 490 g/mol. The number of ketones is 2. The molecule has 3 rings (SSSR count). The van der Waals surface area contributed by atoms with E-state index in [1.807, 2.05) is 0 Å². The van der Waals surface area contributed by atoms with Gasteiger partial charge in [0.15, 0.2) is 5.78 Å². The summed E-state index contributed by atoms with van der Waals surface area (Å²) in [6, 6.07) is 5.59. The van der Waals surface area contributed by atoms with Gasteiger partial charge in [0.2, 0.25) is 17.6 Å². The Hall–Kier alpha value is -2.41. The highest BCUT2D eigenvalue weighted by molar-refractivity contribution is 8.77. The molecule has 10 nitrogen and oxygen atoms in total. The lowest BCUT2D eigenvalue weighted by Gasteiger charge is -2.24. The van der Waals surface area contributed by atoms with E-state index in [0.29, 0.717) is 18.4 Å². The maximum Gasteiger partial charge on any atom is 0.289 e. The van der Waals surface area contributed by atoms with Crippen molar-refractivity contribution >= 4 is 50.9 Å². The molecule has 190 valence electrons. The number of benzene rings is 1. The van der Waals surface area contributed by atoms with Crippen molar-refractivity contribution in [1.29, 1.82) is 0 Å². The van der Waals surface area contributed by atoms with Gasteiger partial charge in [-0.25, -0.2) is 0 Å². The first-order valence-electron chi connectivity index (χ1n) is 11.5. The second kappa shape index (κ2) is 12.0. The van der Waals surface area contributed by atoms with Gasteiger partial charge in [-0.1, -0.05) is 58.8 Å². The van der Waals surface area contributed by atoms with Crippen molar-refractivity contribution in [3.8, 4) is 0 Å². The quantitative estimate of drug-likeness (QED) is 0.195. The van der Waals surface area contributed by atoms with Gasteiger partial charge < -0.3 is 27.4 Å². The fraction of sp³-hybridized carbons (Fsp3) is 0.522. The van der Waals surface area contributed by atoms with Crippen LogP contribution in [0.5, 0.6) is 0 Å². The number of nitrogens with one attached hydrogen (secondary N) is 3. The number of nitrogens with two attached hydrogens (primary N) is 2. The van der Waals surface area contributed by atoms with Crippen LogP contribution in [-0.4, -0.2) is 65.0 Å². The van der Waals surface area contributed by atoms with Crippen LogP contribution < -0.4 is 27.4 Å². The molecule has 5 atom stereocenters. The number of carbonyl (C=O) groups is 5. The van der Waals surface area contributed by atoms with Gasteiger partial charge >= 0.3 is 0 Å². The molecule has 7 N–H and O–H groups in total. The molecule has 1 aromatic rings. The number of Topliss-reactive ketones (excluding diaryl/α,β-unsaturated/α-hetero) is 2. The Morgan fingerprint density at radius 3 is 2.51 bits per heavy atom. The van der Waals surface area contributed by atoms with Crippen LogP contribution in [0.3, 0.4) is 0 Å². The molecule has 2 aliphatic heterocycles. The number of hydrogen-bond acceptors (Lipinski definition) is 9. The molecule has 0 aliphatic carbocycles. The van der Waals surface area contributed by atoms with E-state index in [2.05, 4.69) is 16.0 Å². The van der Waals surface area contributed by atoms with Crippen LogP contribution >= 0.6 is 21.6 Å². The standard InChI is InChI=1S/C23H31N5O5S2/c1-2-14(19(30)15-10-23(12-27-15)8-9-34-35-23)17(24)20(31)22(33)26-11-16(29)28-18(21(25)32)13-6-4-3-5-7-13/h3-7,14-15,17-18,27H,2,8-12,24H2,1H3,(H2,25,32)(H,26,33)(H,28,29). The van der Waals surface area contributed by atoms with Crippen LogP contribution in [0, 0.1) is 5.92 Å². The van der Waals surface area contributed by atoms with Crippen molar-refractivity contribution in [3.05, 3.63) is 35.9 Å². The summed E-state index contributed by atoms with van der Waals surface area (Å²) in [4.78, 5) is 62.2. The maximum atomic E-state index is 13.1. The second-order valence-corrected chi connectivity index (χ2v) is 11.7. The van der Waals surface area contributed by atoms with E-state index < -0.39 is 54.1 Å². The van der Waals surface area contributed by atoms with E-state index in [1.54, 1.807) is 58.8 Å². The summed E-state index contributed by atoms with van der Waals surface area (Å²) >= 11 is 0. The first kappa shape index (κ1) is 27.2. The molecule has 12 heteroatoms. The summed E-state index contributed by atoms with van der Waals surface area (Å²) in [6.45, 7) is 1.92. The van der Waals surface area contributed by atoms with Gasteiger partial charge in [-0.15, -0.1) is 0 Å². The van der Waals surface area contributed by atoms with E-state index in [1.165, 1.54) is 0 Å². The van der Waals surface area contributed by atoms with E-state index in [-0.39, 0.29) is 10.5 Å². The molecule has 1 spiro atoms. The minimum Gasteiger partial charge on any atom is -0.368 e. The average molecular weight is 522 g/mol. The number of primary amides is 1. The third kappa shape index (κ3) is 6.63. The van der Waals surface area contributed by atoms with E-state index >= 15 is 0 Å². The molecule has 3 amide bonds. The van der Waals surface area contributed by atoms with Crippen LogP contribution in [0.1, 0.15) is 37.8 Å². The lowest BCUT2D eigenvalue weighted by Crippen LogP contribution is -2.52. The zero-order valence-corrected chi connectivity index (χ0v) is 21.1. The second-order valence-electron chi connectivity index (χ2n) is 8.78. The number of carbonyl (C=O) groups excluding carboxylic acids is 5. The average Bonchev–Trinajstić information content (AvgIpc) is 3.50. The van der Waals surface area contributed by atoms with Crippen molar-refractivity contribution < 1.29 is 24.0 Å². The molecule has 2 heterocycles. The largest absolute Gasteiger partial charge is 0.368 e. The summed E-state index contributed by atoms with van der Waals surface area (Å²) in [5, 5.41) is 7.92. The fourth-order valence-electron chi connectivity index (χ4n) is 4.37. The zero-order chi connectivity index (χ0) is 25.6. The summed E-state index contributed by atoms with van der Waals surface area (Å²) in [7, 11) is 3.60. The van der Waals surface area contributed by atoms with Crippen LogP contribution in [0.2, 0.25) is 0 Å². The van der Waals surface area contributed by atoms with Crippen LogP contribution in [0.4, 0.5) is 0 Å². The van der Waals surface area contributed by atoms with Gasteiger partial charge in [0, 0.05) is 23.0 Å². The van der Waals surface area contributed by atoms with Crippen LogP contribution in [-0.2, 0) is 24.0 Å². The summed E-state index contributed by atoms with van der Waals surface area (Å²) < 4.78 is 0.0324. The van der Waals surface area contributed by atoms with Crippen molar-refractivity contribution in [2.24, 2.45) is 17.4 Å². The highest BCUT2D eigenvalue weighted by Crippen LogP contribution is 2.51. The maximum absolute atomic E-state index is 13.1. The van der Waals surface area contributed by atoms with E-state index in [4.69, 9.17) is 11.5 Å².